The molecule has 0 unspecified atom stereocenters. The van der Waals surface area contributed by atoms with Crippen molar-refractivity contribution >= 4 is 5.78 Å². The van der Waals surface area contributed by atoms with Crippen molar-refractivity contribution in [3.63, 3.8) is 0 Å². The van der Waals surface area contributed by atoms with E-state index in [-0.39, 0.29) is 29.4 Å². The van der Waals surface area contributed by atoms with Gasteiger partial charge in [-0.05, 0) is 56.3 Å². The van der Waals surface area contributed by atoms with E-state index in [4.69, 9.17) is 0 Å². The molecule has 4 fully saturated rings. The molecule has 0 aromatic heterocycles. The van der Waals surface area contributed by atoms with Crippen LogP contribution in [0.3, 0.4) is 0 Å². The molecule has 4 aliphatic carbocycles. The number of hydrogen-bond acceptors (Lipinski definition) is 1. The predicted octanol–water partition coefficient (Wildman–Crippen LogP) is -0.128. The van der Waals surface area contributed by atoms with Crippen LogP contribution in [0.15, 0.2) is 0 Å². The first-order chi connectivity index (χ1) is 8.36. The zero-order valence-corrected chi connectivity index (χ0v) is 14.8. The van der Waals surface area contributed by atoms with E-state index in [1.54, 1.807) is 0 Å². The average molecular weight is 377 g/mol. The van der Waals surface area contributed by atoms with Crippen LogP contribution in [0.5, 0.6) is 0 Å². The number of hydrogen-bond donors (Lipinski definition) is 0. The molecule has 4 aliphatic rings. The topological polar surface area (TPSA) is 17.1 Å². The molecule has 2 nitrogen and oxygen atoms in total. The smallest absolute Gasteiger partial charge is 0.144 e. The molecule has 0 amide bonds. The predicted molar refractivity (Wildman–Crippen MR) is 73.1 cm³/mol. The highest BCUT2D eigenvalue weighted by molar-refractivity contribution is 5.85. The number of rotatable bonds is 4. The lowest BCUT2D eigenvalue weighted by atomic mass is 9.48. The van der Waals surface area contributed by atoms with Gasteiger partial charge in [-0.2, -0.15) is 0 Å². The van der Waals surface area contributed by atoms with Crippen LogP contribution in [-0.2, 0) is 4.79 Å². The molecule has 0 radical (unpaired) electrons. The SMILES string of the molecule is C[N+](C)(C)CCC(=O)C12CC3CC(CC(C3)C1)C2.[I-]. The summed E-state index contributed by atoms with van der Waals surface area (Å²) in [6.45, 7) is 1.00. The molecule has 0 atom stereocenters. The van der Waals surface area contributed by atoms with Crippen molar-refractivity contribution in [1.82, 2.24) is 0 Å². The molecule has 110 valence electrons. The zero-order chi connectivity index (χ0) is 13.0. The summed E-state index contributed by atoms with van der Waals surface area (Å²) >= 11 is 0. The minimum atomic E-state index is 0. The fourth-order valence-corrected chi connectivity index (χ4v) is 5.15. The number of carbonyl (C=O) groups excluding carboxylic acids is 1. The maximum Gasteiger partial charge on any atom is 0.144 e. The Morgan fingerprint density at radius 3 is 1.79 bits per heavy atom. The van der Waals surface area contributed by atoms with E-state index in [0.717, 1.165) is 35.2 Å². The average Bonchev–Trinajstić information content (AvgIpc) is 2.22. The number of Topliss-reactive ketones (excluding diaryl/α,β-unsaturated/α-hetero) is 1. The van der Waals surface area contributed by atoms with Gasteiger partial charge in [-0.1, -0.05) is 0 Å². The van der Waals surface area contributed by atoms with Gasteiger partial charge < -0.3 is 28.5 Å². The maximum atomic E-state index is 12.7. The summed E-state index contributed by atoms with van der Waals surface area (Å²) < 4.78 is 0.915. The molecule has 4 saturated carbocycles. The number of halogens is 1. The van der Waals surface area contributed by atoms with E-state index in [9.17, 15) is 4.79 Å². The highest BCUT2D eigenvalue weighted by Crippen LogP contribution is 2.60. The number of nitrogens with zero attached hydrogens (tertiary/aromatic N) is 1. The Hall–Kier alpha value is 0.360. The standard InChI is InChI=1S/C16H28NO.HI/c1-17(2,3)5-4-15(18)16-9-12-6-13(10-16)8-14(7-12)11-16;/h12-14H,4-11H2,1-3H3;1H/q+1;/p-1. The van der Waals surface area contributed by atoms with Gasteiger partial charge in [0.25, 0.3) is 0 Å². The van der Waals surface area contributed by atoms with Gasteiger partial charge in [0.15, 0.2) is 0 Å². The van der Waals surface area contributed by atoms with Gasteiger partial charge in [0.2, 0.25) is 0 Å². The Balaban J connectivity index is 0.00000133. The quantitative estimate of drug-likeness (QED) is 0.493. The Morgan fingerprint density at radius 1 is 1.00 bits per heavy atom. The number of quaternary nitrogens is 1. The summed E-state index contributed by atoms with van der Waals surface area (Å²) in [6.07, 6.45) is 8.79. The molecule has 0 saturated heterocycles. The van der Waals surface area contributed by atoms with Crippen LogP contribution in [0.2, 0.25) is 0 Å². The van der Waals surface area contributed by atoms with Crippen molar-refractivity contribution in [2.75, 3.05) is 27.7 Å². The van der Waals surface area contributed by atoms with Gasteiger partial charge in [-0.25, -0.2) is 0 Å². The van der Waals surface area contributed by atoms with Gasteiger partial charge in [-0.3, -0.25) is 4.79 Å². The van der Waals surface area contributed by atoms with Gasteiger partial charge in [0.05, 0.1) is 34.1 Å². The van der Waals surface area contributed by atoms with Crippen molar-refractivity contribution in [2.45, 2.75) is 44.9 Å². The highest BCUT2D eigenvalue weighted by atomic mass is 127. The van der Waals surface area contributed by atoms with Crippen LogP contribution in [0, 0.1) is 23.2 Å². The largest absolute Gasteiger partial charge is 1.00 e. The Bertz CT molecular complexity index is 323. The van der Waals surface area contributed by atoms with E-state index >= 15 is 0 Å². The van der Waals surface area contributed by atoms with Crippen LogP contribution in [-0.4, -0.2) is 38.0 Å². The summed E-state index contributed by atoms with van der Waals surface area (Å²) in [5.74, 6) is 3.28. The van der Waals surface area contributed by atoms with Crippen LogP contribution >= 0.6 is 0 Å². The fourth-order valence-electron chi connectivity index (χ4n) is 5.15. The normalized spacial score (nSPS) is 40.1. The van der Waals surface area contributed by atoms with Crippen molar-refractivity contribution in [3.05, 3.63) is 0 Å². The van der Waals surface area contributed by atoms with E-state index in [2.05, 4.69) is 21.1 Å². The van der Waals surface area contributed by atoms with Crippen LogP contribution in [0.1, 0.15) is 44.9 Å². The van der Waals surface area contributed by atoms with Crippen molar-refractivity contribution in [2.24, 2.45) is 23.2 Å². The van der Waals surface area contributed by atoms with Crippen LogP contribution in [0.25, 0.3) is 0 Å². The minimum Gasteiger partial charge on any atom is -1.00 e. The summed E-state index contributed by atoms with van der Waals surface area (Å²) in [7, 11) is 6.56. The fraction of sp³-hybridized carbons (Fsp3) is 0.938. The molecule has 0 aromatic carbocycles. The maximum absolute atomic E-state index is 12.7. The van der Waals surface area contributed by atoms with Crippen LogP contribution < -0.4 is 24.0 Å². The summed E-state index contributed by atoms with van der Waals surface area (Å²) in [5.41, 5.74) is 0.129. The minimum absolute atomic E-state index is 0. The van der Waals surface area contributed by atoms with E-state index < -0.39 is 0 Å². The Labute approximate surface area is 134 Å². The Morgan fingerprint density at radius 2 is 1.42 bits per heavy atom. The molecule has 0 N–H and O–H groups in total. The van der Waals surface area contributed by atoms with Crippen LogP contribution in [0.4, 0.5) is 0 Å². The lowest BCUT2D eigenvalue weighted by molar-refractivity contribution is -0.869. The lowest BCUT2D eigenvalue weighted by Crippen LogP contribution is -3.00. The second-order valence-electron chi connectivity index (χ2n) is 8.38. The molecule has 0 aromatic rings. The molecule has 0 heterocycles. The second kappa shape index (κ2) is 5.28. The number of ketones is 1. The molecular weight excluding hydrogens is 349 g/mol. The molecular formula is C16H28INO. The molecule has 4 rings (SSSR count). The first-order valence-electron chi connectivity index (χ1n) is 7.70. The van der Waals surface area contributed by atoms with Gasteiger partial charge in [0.1, 0.15) is 5.78 Å². The summed E-state index contributed by atoms with van der Waals surface area (Å²) in [6, 6.07) is 0. The second-order valence-corrected chi connectivity index (χ2v) is 8.38. The third kappa shape index (κ3) is 3.17. The molecule has 19 heavy (non-hydrogen) atoms. The molecule has 4 bridgehead atoms. The van der Waals surface area contributed by atoms with Crippen molar-refractivity contribution in [3.8, 4) is 0 Å². The van der Waals surface area contributed by atoms with Gasteiger partial charge >= 0.3 is 0 Å². The van der Waals surface area contributed by atoms with Crippen molar-refractivity contribution < 1.29 is 33.3 Å². The first kappa shape index (κ1) is 15.7. The molecule has 0 aliphatic heterocycles. The number of carbonyl (C=O) groups is 1. The monoisotopic (exact) mass is 377 g/mol. The van der Waals surface area contributed by atoms with E-state index in [1.807, 2.05) is 0 Å². The van der Waals surface area contributed by atoms with Gasteiger partial charge in [-0.15, -0.1) is 0 Å². The van der Waals surface area contributed by atoms with E-state index in [1.165, 1.54) is 38.5 Å². The summed E-state index contributed by atoms with van der Waals surface area (Å²) in [4.78, 5) is 12.7. The third-order valence-corrected chi connectivity index (χ3v) is 5.64. The lowest BCUT2D eigenvalue weighted by Gasteiger charge is -2.56. The zero-order valence-electron chi connectivity index (χ0n) is 12.6. The third-order valence-electron chi connectivity index (χ3n) is 5.64. The van der Waals surface area contributed by atoms with Gasteiger partial charge in [0, 0.05) is 5.41 Å². The Kier molecular flexibility index (Phi) is 4.38. The summed E-state index contributed by atoms with van der Waals surface area (Å²) in [5, 5.41) is 0. The first-order valence-corrected chi connectivity index (χ1v) is 7.70. The highest BCUT2D eigenvalue weighted by Gasteiger charge is 2.54. The molecule has 3 heteroatoms. The van der Waals surface area contributed by atoms with Crippen molar-refractivity contribution in [1.29, 1.82) is 0 Å². The van der Waals surface area contributed by atoms with E-state index in [0.29, 0.717) is 5.78 Å². The molecule has 0 spiro atoms.